The first-order valence-electron chi connectivity index (χ1n) is 5.14. The molecule has 0 amide bonds. The van der Waals surface area contributed by atoms with E-state index >= 15 is 0 Å². The van der Waals surface area contributed by atoms with Crippen LogP contribution in [0.25, 0.3) is 0 Å². The highest BCUT2D eigenvalue weighted by Gasteiger charge is 1.97. The lowest BCUT2D eigenvalue weighted by Gasteiger charge is -2.04. The Labute approximate surface area is 94.0 Å². The topological polar surface area (TPSA) is 24.9 Å². The first-order valence-corrected chi connectivity index (χ1v) is 6.02. The summed E-state index contributed by atoms with van der Waals surface area (Å²) in [6, 6.07) is 8.50. The number of hydrogen-bond donors (Lipinski definition) is 1. The average molecular weight is 218 g/mol. The summed E-state index contributed by atoms with van der Waals surface area (Å²) < 4.78 is 0. The highest BCUT2D eigenvalue weighted by Crippen LogP contribution is 2.19. The van der Waals surface area contributed by atoms with E-state index in [1.807, 2.05) is 11.6 Å². The molecule has 0 saturated heterocycles. The second-order valence-electron chi connectivity index (χ2n) is 3.41. The van der Waals surface area contributed by atoms with Crippen LogP contribution >= 0.6 is 11.3 Å². The van der Waals surface area contributed by atoms with Crippen molar-refractivity contribution in [1.82, 2.24) is 4.98 Å². The molecule has 0 bridgehead atoms. The van der Waals surface area contributed by atoms with Gasteiger partial charge in [0.2, 0.25) is 0 Å². The molecule has 2 aromatic rings. The fourth-order valence-corrected chi connectivity index (χ4v) is 2.05. The Morgan fingerprint density at radius 1 is 1.40 bits per heavy atom. The Bertz CT molecular complexity index is 409. The predicted octanol–water partition coefficient (Wildman–Crippen LogP) is 3.84. The van der Waals surface area contributed by atoms with Crippen LogP contribution in [0.15, 0.2) is 35.8 Å². The SMILES string of the molecule is CCCc1cccc(Nc2nccs2)c1. The maximum atomic E-state index is 4.19. The van der Waals surface area contributed by atoms with Gasteiger partial charge in [-0.1, -0.05) is 25.5 Å². The molecule has 1 aromatic carbocycles. The lowest BCUT2D eigenvalue weighted by atomic mass is 10.1. The van der Waals surface area contributed by atoms with Crippen molar-refractivity contribution >= 4 is 22.2 Å². The monoisotopic (exact) mass is 218 g/mol. The fourth-order valence-electron chi connectivity index (χ4n) is 1.50. The van der Waals surface area contributed by atoms with Crippen LogP contribution in [-0.2, 0) is 6.42 Å². The van der Waals surface area contributed by atoms with E-state index < -0.39 is 0 Å². The van der Waals surface area contributed by atoms with Crippen molar-refractivity contribution in [2.24, 2.45) is 0 Å². The summed E-state index contributed by atoms with van der Waals surface area (Å²) in [5.41, 5.74) is 2.50. The zero-order valence-electron chi connectivity index (χ0n) is 8.73. The smallest absolute Gasteiger partial charge is 0.187 e. The quantitative estimate of drug-likeness (QED) is 0.843. The van der Waals surface area contributed by atoms with Gasteiger partial charge >= 0.3 is 0 Å². The summed E-state index contributed by atoms with van der Waals surface area (Å²) in [6.45, 7) is 2.20. The highest BCUT2D eigenvalue weighted by molar-refractivity contribution is 7.13. The van der Waals surface area contributed by atoms with E-state index in [0.29, 0.717) is 0 Å². The number of anilines is 2. The maximum Gasteiger partial charge on any atom is 0.187 e. The van der Waals surface area contributed by atoms with Crippen LogP contribution in [0, 0.1) is 0 Å². The second-order valence-corrected chi connectivity index (χ2v) is 4.31. The Morgan fingerprint density at radius 3 is 3.07 bits per heavy atom. The van der Waals surface area contributed by atoms with E-state index in [-0.39, 0.29) is 0 Å². The summed E-state index contributed by atoms with van der Waals surface area (Å²) in [5.74, 6) is 0. The number of nitrogens with zero attached hydrogens (tertiary/aromatic N) is 1. The minimum absolute atomic E-state index is 0.948. The molecule has 0 unspecified atom stereocenters. The van der Waals surface area contributed by atoms with E-state index in [1.54, 1.807) is 11.3 Å². The van der Waals surface area contributed by atoms with Gasteiger partial charge in [-0.3, -0.25) is 0 Å². The van der Waals surface area contributed by atoms with Gasteiger partial charge in [-0.25, -0.2) is 4.98 Å². The summed E-state index contributed by atoms with van der Waals surface area (Å²) in [4.78, 5) is 4.19. The third-order valence-corrected chi connectivity index (χ3v) is 2.84. The molecule has 1 aromatic heterocycles. The lowest BCUT2D eigenvalue weighted by molar-refractivity contribution is 0.922. The number of thiazole rings is 1. The van der Waals surface area contributed by atoms with E-state index in [2.05, 4.69) is 41.5 Å². The number of hydrogen-bond acceptors (Lipinski definition) is 3. The van der Waals surface area contributed by atoms with Crippen molar-refractivity contribution in [3.05, 3.63) is 41.4 Å². The molecular weight excluding hydrogens is 204 g/mol. The van der Waals surface area contributed by atoms with Gasteiger partial charge in [0.1, 0.15) is 0 Å². The standard InChI is InChI=1S/C12H14N2S/c1-2-4-10-5-3-6-11(9-10)14-12-13-7-8-15-12/h3,5-9H,2,4H2,1H3,(H,13,14). The Hall–Kier alpha value is -1.35. The molecule has 0 aliphatic heterocycles. The summed E-state index contributed by atoms with van der Waals surface area (Å²) in [5, 5.41) is 6.21. The highest BCUT2D eigenvalue weighted by atomic mass is 32.1. The Morgan fingerprint density at radius 2 is 2.33 bits per heavy atom. The van der Waals surface area contributed by atoms with Crippen LogP contribution in [0.1, 0.15) is 18.9 Å². The second kappa shape index (κ2) is 4.94. The van der Waals surface area contributed by atoms with Crippen molar-refractivity contribution in [2.75, 3.05) is 5.32 Å². The maximum absolute atomic E-state index is 4.19. The van der Waals surface area contributed by atoms with Crippen LogP contribution in [-0.4, -0.2) is 4.98 Å². The van der Waals surface area contributed by atoms with Crippen molar-refractivity contribution in [3.63, 3.8) is 0 Å². The predicted molar refractivity (Wildman–Crippen MR) is 65.8 cm³/mol. The minimum atomic E-state index is 0.948. The van der Waals surface area contributed by atoms with Gasteiger partial charge in [0.05, 0.1) is 0 Å². The van der Waals surface area contributed by atoms with Crippen LogP contribution in [0.5, 0.6) is 0 Å². The van der Waals surface area contributed by atoms with Gasteiger partial charge < -0.3 is 5.32 Å². The summed E-state index contributed by atoms with van der Waals surface area (Å²) >= 11 is 1.61. The molecule has 15 heavy (non-hydrogen) atoms. The minimum Gasteiger partial charge on any atom is -0.332 e. The first-order chi connectivity index (χ1) is 7.38. The van der Waals surface area contributed by atoms with Crippen molar-refractivity contribution in [3.8, 4) is 0 Å². The zero-order valence-corrected chi connectivity index (χ0v) is 9.55. The van der Waals surface area contributed by atoms with Crippen LogP contribution < -0.4 is 5.32 Å². The van der Waals surface area contributed by atoms with Gasteiger partial charge in [-0.2, -0.15) is 0 Å². The molecule has 0 aliphatic rings. The Kier molecular flexibility index (Phi) is 3.35. The van der Waals surface area contributed by atoms with Gasteiger partial charge in [0, 0.05) is 17.3 Å². The molecule has 2 nitrogen and oxygen atoms in total. The number of aryl methyl sites for hydroxylation is 1. The number of nitrogens with one attached hydrogen (secondary N) is 1. The van der Waals surface area contributed by atoms with Gasteiger partial charge in [0.15, 0.2) is 5.13 Å². The van der Waals surface area contributed by atoms with E-state index in [9.17, 15) is 0 Å². The summed E-state index contributed by atoms with van der Waals surface area (Å²) in [7, 11) is 0. The van der Waals surface area contributed by atoms with Crippen molar-refractivity contribution in [2.45, 2.75) is 19.8 Å². The van der Waals surface area contributed by atoms with E-state index in [1.165, 1.54) is 12.0 Å². The molecule has 1 N–H and O–H groups in total. The molecule has 0 aliphatic carbocycles. The van der Waals surface area contributed by atoms with Crippen LogP contribution in [0.4, 0.5) is 10.8 Å². The average Bonchev–Trinajstić information content (AvgIpc) is 2.71. The number of aromatic nitrogens is 1. The largest absolute Gasteiger partial charge is 0.332 e. The molecular formula is C12H14N2S. The van der Waals surface area contributed by atoms with Crippen LogP contribution in [0.2, 0.25) is 0 Å². The molecule has 0 atom stereocenters. The molecule has 78 valence electrons. The molecule has 0 fully saturated rings. The lowest BCUT2D eigenvalue weighted by Crippen LogP contribution is -1.90. The first kappa shape index (κ1) is 10.2. The third-order valence-electron chi connectivity index (χ3n) is 2.15. The number of rotatable bonds is 4. The van der Waals surface area contributed by atoms with E-state index in [0.717, 1.165) is 17.2 Å². The summed E-state index contributed by atoms with van der Waals surface area (Å²) in [6.07, 6.45) is 4.12. The molecule has 1 heterocycles. The van der Waals surface area contributed by atoms with Crippen molar-refractivity contribution < 1.29 is 0 Å². The zero-order chi connectivity index (χ0) is 10.5. The Balaban J connectivity index is 2.11. The van der Waals surface area contributed by atoms with Gasteiger partial charge in [-0.15, -0.1) is 11.3 Å². The fraction of sp³-hybridized carbons (Fsp3) is 0.250. The molecule has 3 heteroatoms. The third kappa shape index (κ3) is 2.80. The number of benzene rings is 1. The molecule has 0 spiro atoms. The molecule has 0 radical (unpaired) electrons. The van der Waals surface area contributed by atoms with Crippen molar-refractivity contribution in [1.29, 1.82) is 0 Å². The van der Waals surface area contributed by atoms with Crippen LogP contribution in [0.3, 0.4) is 0 Å². The molecule has 2 rings (SSSR count). The van der Waals surface area contributed by atoms with Gasteiger partial charge in [-0.05, 0) is 24.1 Å². The van der Waals surface area contributed by atoms with E-state index in [4.69, 9.17) is 0 Å². The molecule has 0 saturated carbocycles. The van der Waals surface area contributed by atoms with Gasteiger partial charge in [0.25, 0.3) is 0 Å². The normalized spacial score (nSPS) is 10.2.